The van der Waals surface area contributed by atoms with Gasteiger partial charge in [0.25, 0.3) is 0 Å². The van der Waals surface area contributed by atoms with Gasteiger partial charge in [-0.2, -0.15) is 13.2 Å². The van der Waals surface area contributed by atoms with E-state index in [1.165, 1.54) is 7.11 Å². The minimum absolute atomic E-state index is 0.0414. The molecule has 2 aromatic rings. The molecule has 1 fully saturated rings. The van der Waals surface area contributed by atoms with Crippen LogP contribution in [-0.4, -0.2) is 55.1 Å². The monoisotopic (exact) mass is 442 g/mol. The van der Waals surface area contributed by atoms with Gasteiger partial charge in [-0.15, -0.1) is 0 Å². The molecule has 0 saturated carbocycles. The number of nitrogens with one attached hydrogen (secondary N) is 1. The van der Waals surface area contributed by atoms with Crippen molar-refractivity contribution in [3.05, 3.63) is 47.1 Å². The zero-order valence-corrected chi connectivity index (χ0v) is 17.3. The van der Waals surface area contributed by atoms with E-state index in [4.69, 9.17) is 16.3 Å². The van der Waals surface area contributed by atoms with Crippen LogP contribution in [0.2, 0.25) is 5.02 Å². The molecule has 1 amide bonds. The molecule has 1 unspecified atom stereocenters. The summed E-state index contributed by atoms with van der Waals surface area (Å²) in [6.07, 6.45) is -3.70. The predicted molar refractivity (Wildman–Crippen MR) is 109 cm³/mol. The molecule has 1 aromatic heterocycles. The van der Waals surface area contributed by atoms with Gasteiger partial charge in [0.15, 0.2) is 0 Å². The summed E-state index contributed by atoms with van der Waals surface area (Å²) in [6, 6.07) is 7.65. The highest BCUT2D eigenvalue weighted by Crippen LogP contribution is 2.33. The normalized spacial score (nSPS) is 16.3. The van der Waals surface area contributed by atoms with Crippen molar-refractivity contribution in [1.29, 1.82) is 0 Å². The topological polar surface area (TPSA) is 57.7 Å². The lowest BCUT2D eigenvalue weighted by Gasteiger charge is -2.38. The van der Waals surface area contributed by atoms with Crippen LogP contribution in [0, 0.1) is 0 Å². The second-order valence-electron chi connectivity index (χ2n) is 6.92. The Kier molecular flexibility index (Phi) is 6.72. The molecule has 1 aliphatic rings. The Morgan fingerprint density at radius 1 is 1.23 bits per heavy atom. The van der Waals surface area contributed by atoms with Gasteiger partial charge in [-0.25, -0.2) is 4.98 Å². The van der Waals surface area contributed by atoms with E-state index >= 15 is 0 Å². The number of pyridine rings is 1. The van der Waals surface area contributed by atoms with Gasteiger partial charge in [0.1, 0.15) is 11.6 Å². The molecule has 1 atom stereocenters. The summed E-state index contributed by atoms with van der Waals surface area (Å²) in [6.45, 7) is 3.87. The third kappa shape index (κ3) is 4.96. The van der Waals surface area contributed by atoms with Crippen LogP contribution in [0.4, 0.5) is 24.7 Å². The van der Waals surface area contributed by atoms with Gasteiger partial charge in [0.05, 0.1) is 29.4 Å². The molecule has 1 N–H and O–H groups in total. The van der Waals surface area contributed by atoms with E-state index in [2.05, 4.69) is 10.3 Å². The lowest BCUT2D eigenvalue weighted by atomic mass is 10.2. The number of nitrogens with zero attached hydrogens (tertiary/aromatic N) is 3. The van der Waals surface area contributed by atoms with E-state index in [1.54, 1.807) is 12.1 Å². The minimum atomic E-state index is -4.49. The molecule has 1 aliphatic heterocycles. The zero-order valence-electron chi connectivity index (χ0n) is 16.5. The van der Waals surface area contributed by atoms with Crippen molar-refractivity contribution < 1.29 is 22.7 Å². The Morgan fingerprint density at radius 3 is 2.50 bits per heavy atom. The molecule has 0 spiro atoms. The quantitative estimate of drug-likeness (QED) is 0.760. The van der Waals surface area contributed by atoms with E-state index in [0.717, 1.165) is 12.3 Å². The number of carbonyl (C=O) groups is 1. The van der Waals surface area contributed by atoms with Gasteiger partial charge in [-0.3, -0.25) is 9.69 Å². The first kappa shape index (κ1) is 22.2. The molecule has 162 valence electrons. The van der Waals surface area contributed by atoms with Crippen LogP contribution in [0.25, 0.3) is 0 Å². The predicted octanol–water partition coefficient (Wildman–Crippen LogP) is 3.91. The standard InChI is InChI=1S/C20H22ClF3N4O2/c1-13(19(29)26-16-5-3-4-6-17(16)30-2)27-7-9-28(10-8-27)18-15(21)11-14(12-25-18)20(22,23)24/h3-6,11-13H,7-10H2,1-2H3,(H,26,29). The van der Waals surface area contributed by atoms with Crippen molar-refractivity contribution in [2.45, 2.75) is 19.1 Å². The number of hydrogen-bond donors (Lipinski definition) is 1. The molecule has 30 heavy (non-hydrogen) atoms. The number of benzene rings is 1. The number of piperazine rings is 1. The van der Waals surface area contributed by atoms with E-state index in [-0.39, 0.29) is 10.9 Å². The number of carbonyl (C=O) groups excluding carboxylic acids is 1. The largest absolute Gasteiger partial charge is 0.495 e. The fourth-order valence-electron chi connectivity index (χ4n) is 3.29. The first-order chi connectivity index (χ1) is 14.2. The fourth-order valence-corrected chi connectivity index (χ4v) is 3.58. The fraction of sp³-hybridized carbons (Fsp3) is 0.400. The van der Waals surface area contributed by atoms with E-state index < -0.39 is 17.8 Å². The Bertz CT molecular complexity index is 902. The number of hydrogen-bond acceptors (Lipinski definition) is 5. The molecular weight excluding hydrogens is 421 g/mol. The molecular formula is C20H22ClF3N4O2. The van der Waals surface area contributed by atoms with Gasteiger partial charge >= 0.3 is 6.18 Å². The molecule has 1 saturated heterocycles. The van der Waals surface area contributed by atoms with Gasteiger partial charge < -0.3 is 15.0 Å². The van der Waals surface area contributed by atoms with Crippen LogP contribution in [0.5, 0.6) is 5.75 Å². The highest BCUT2D eigenvalue weighted by molar-refractivity contribution is 6.33. The maximum absolute atomic E-state index is 12.8. The Morgan fingerprint density at radius 2 is 1.90 bits per heavy atom. The van der Waals surface area contributed by atoms with E-state index in [0.29, 0.717) is 43.4 Å². The summed E-state index contributed by atoms with van der Waals surface area (Å²) in [4.78, 5) is 20.4. The van der Waals surface area contributed by atoms with Crippen LogP contribution in [0.15, 0.2) is 36.5 Å². The number of para-hydroxylation sites is 2. The second kappa shape index (κ2) is 9.09. The lowest BCUT2D eigenvalue weighted by Crippen LogP contribution is -2.53. The summed E-state index contributed by atoms with van der Waals surface area (Å²) < 4.78 is 43.6. The van der Waals surface area contributed by atoms with Gasteiger partial charge in [0, 0.05) is 32.4 Å². The summed E-state index contributed by atoms with van der Waals surface area (Å²) >= 11 is 6.04. The number of amides is 1. The van der Waals surface area contributed by atoms with Gasteiger partial charge in [-0.05, 0) is 25.1 Å². The SMILES string of the molecule is COc1ccccc1NC(=O)C(C)N1CCN(c2ncc(C(F)(F)F)cc2Cl)CC1. The van der Waals surface area contributed by atoms with Crippen molar-refractivity contribution in [2.24, 2.45) is 0 Å². The molecule has 6 nitrogen and oxygen atoms in total. The minimum Gasteiger partial charge on any atom is -0.495 e. The summed E-state index contributed by atoms with van der Waals surface area (Å²) in [5.41, 5.74) is -0.284. The third-order valence-corrected chi connectivity index (χ3v) is 5.33. The molecule has 1 aromatic carbocycles. The Labute approximate surface area is 177 Å². The van der Waals surface area contributed by atoms with Gasteiger partial charge in [-0.1, -0.05) is 23.7 Å². The Hall–Kier alpha value is -2.52. The molecule has 0 bridgehead atoms. The molecule has 10 heteroatoms. The van der Waals surface area contributed by atoms with Gasteiger partial charge in [0.2, 0.25) is 5.91 Å². The number of methoxy groups -OCH3 is 1. The second-order valence-corrected chi connectivity index (χ2v) is 7.32. The van der Waals surface area contributed by atoms with Crippen LogP contribution in [0.1, 0.15) is 12.5 Å². The number of ether oxygens (including phenoxy) is 1. The lowest BCUT2D eigenvalue weighted by molar-refractivity contribution is -0.137. The molecule has 2 heterocycles. The van der Waals surface area contributed by atoms with Crippen molar-refractivity contribution in [1.82, 2.24) is 9.88 Å². The van der Waals surface area contributed by atoms with Crippen LogP contribution < -0.4 is 15.0 Å². The average molecular weight is 443 g/mol. The number of halogens is 4. The maximum Gasteiger partial charge on any atom is 0.417 e. The first-order valence-corrected chi connectivity index (χ1v) is 9.74. The van der Waals surface area contributed by atoms with E-state index in [9.17, 15) is 18.0 Å². The van der Waals surface area contributed by atoms with Crippen molar-refractivity contribution in [3.63, 3.8) is 0 Å². The smallest absolute Gasteiger partial charge is 0.417 e. The zero-order chi connectivity index (χ0) is 21.9. The molecule has 0 aliphatic carbocycles. The third-order valence-electron chi connectivity index (χ3n) is 5.05. The average Bonchev–Trinajstić information content (AvgIpc) is 2.73. The highest BCUT2D eigenvalue weighted by Gasteiger charge is 2.33. The number of aromatic nitrogens is 1. The summed E-state index contributed by atoms with van der Waals surface area (Å²) in [5.74, 6) is 0.722. The first-order valence-electron chi connectivity index (χ1n) is 9.36. The summed E-state index contributed by atoms with van der Waals surface area (Å²) in [7, 11) is 1.54. The van der Waals surface area contributed by atoms with Crippen LogP contribution in [-0.2, 0) is 11.0 Å². The number of alkyl halides is 3. The van der Waals surface area contributed by atoms with Crippen molar-refractivity contribution in [2.75, 3.05) is 43.5 Å². The number of anilines is 2. The van der Waals surface area contributed by atoms with E-state index in [1.807, 2.05) is 28.9 Å². The van der Waals surface area contributed by atoms with Crippen molar-refractivity contribution in [3.8, 4) is 5.75 Å². The molecule has 3 rings (SSSR count). The number of rotatable bonds is 5. The maximum atomic E-state index is 12.8. The molecule has 0 radical (unpaired) electrons. The van der Waals surface area contributed by atoms with Crippen LogP contribution in [0.3, 0.4) is 0 Å². The summed E-state index contributed by atoms with van der Waals surface area (Å²) in [5, 5.41) is 2.83. The van der Waals surface area contributed by atoms with Crippen LogP contribution >= 0.6 is 11.6 Å². The van der Waals surface area contributed by atoms with Crippen molar-refractivity contribution >= 4 is 29.0 Å². The highest BCUT2D eigenvalue weighted by atomic mass is 35.5. The Balaban J connectivity index is 1.60.